The Labute approximate surface area is 143 Å². The highest BCUT2D eigenvalue weighted by molar-refractivity contribution is 7.18. The average molecular weight is 342 g/mol. The number of hydrogen-bond donors (Lipinski definition) is 2. The van der Waals surface area contributed by atoms with Crippen LogP contribution in [0.25, 0.3) is 10.2 Å². The van der Waals surface area contributed by atoms with Gasteiger partial charge in [0.25, 0.3) is 0 Å². The standard InChI is InChI=1S/C18H18N2O3S/c21-16(12-3-1-2-4-13(12)18(22)23)19-11-7-8-14-15(9-11)24-17(20-14)10-5-6-10/h1-2,7-10,12-13H,3-6H2,(H,19,21)(H,22,23)/t12-,13-/m0/s1. The van der Waals surface area contributed by atoms with E-state index < -0.39 is 17.8 Å². The maximum absolute atomic E-state index is 12.5. The predicted octanol–water partition coefficient (Wildman–Crippen LogP) is 3.78. The zero-order chi connectivity index (χ0) is 16.7. The van der Waals surface area contributed by atoms with Crippen LogP contribution in [0.3, 0.4) is 0 Å². The number of thiazole rings is 1. The van der Waals surface area contributed by atoms with Crippen LogP contribution in [0.5, 0.6) is 0 Å². The third-order valence-electron chi connectivity index (χ3n) is 4.69. The molecular formula is C18H18N2O3S. The number of allylic oxidation sites excluding steroid dienone is 2. The van der Waals surface area contributed by atoms with Gasteiger partial charge in [0, 0.05) is 11.6 Å². The number of hydrogen-bond acceptors (Lipinski definition) is 4. The number of carbonyl (C=O) groups excluding carboxylic acids is 1. The summed E-state index contributed by atoms with van der Waals surface area (Å²) < 4.78 is 1.06. The first-order chi connectivity index (χ1) is 11.6. The summed E-state index contributed by atoms with van der Waals surface area (Å²) in [6, 6.07) is 5.69. The number of anilines is 1. The summed E-state index contributed by atoms with van der Waals surface area (Å²) >= 11 is 1.68. The molecule has 0 radical (unpaired) electrons. The van der Waals surface area contributed by atoms with Gasteiger partial charge < -0.3 is 10.4 Å². The summed E-state index contributed by atoms with van der Waals surface area (Å²) in [6.45, 7) is 0. The molecule has 1 aromatic heterocycles. The molecule has 2 aliphatic carbocycles. The lowest BCUT2D eigenvalue weighted by Crippen LogP contribution is -2.34. The molecule has 2 aliphatic rings. The smallest absolute Gasteiger partial charge is 0.307 e. The molecule has 6 heteroatoms. The van der Waals surface area contributed by atoms with Crippen molar-refractivity contribution in [2.45, 2.75) is 31.6 Å². The zero-order valence-corrected chi connectivity index (χ0v) is 13.9. The molecule has 2 N–H and O–H groups in total. The lowest BCUT2D eigenvalue weighted by atomic mass is 9.82. The van der Waals surface area contributed by atoms with Crippen LogP contribution in [0.4, 0.5) is 5.69 Å². The molecule has 0 aliphatic heterocycles. The SMILES string of the molecule is O=C(O)[C@H]1CC=CC[C@@H]1C(=O)Nc1ccc2nc(C3CC3)sc2c1. The van der Waals surface area contributed by atoms with Gasteiger partial charge in [0.15, 0.2) is 0 Å². The van der Waals surface area contributed by atoms with Crippen LogP contribution < -0.4 is 5.32 Å². The first-order valence-corrected chi connectivity index (χ1v) is 9.02. The van der Waals surface area contributed by atoms with Crippen molar-refractivity contribution < 1.29 is 14.7 Å². The molecule has 1 aromatic carbocycles. The maximum Gasteiger partial charge on any atom is 0.307 e. The van der Waals surface area contributed by atoms with Crippen molar-refractivity contribution in [3.05, 3.63) is 35.4 Å². The summed E-state index contributed by atoms with van der Waals surface area (Å²) in [5, 5.41) is 13.4. The monoisotopic (exact) mass is 342 g/mol. The van der Waals surface area contributed by atoms with E-state index in [2.05, 4.69) is 10.3 Å². The fourth-order valence-corrected chi connectivity index (χ4v) is 4.31. The summed E-state index contributed by atoms with van der Waals surface area (Å²) in [5.74, 6) is -1.69. The molecule has 0 spiro atoms. The summed E-state index contributed by atoms with van der Waals surface area (Å²) in [7, 11) is 0. The summed E-state index contributed by atoms with van der Waals surface area (Å²) in [4.78, 5) is 28.5. The van der Waals surface area contributed by atoms with Crippen LogP contribution in [-0.4, -0.2) is 22.0 Å². The van der Waals surface area contributed by atoms with Crippen LogP contribution in [-0.2, 0) is 9.59 Å². The molecule has 2 atom stereocenters. The van der Waals surface area contributed by atoms with Crippen LogP contribution in [0.1, 0.15) is 36.6 Å². The van der Waals surface area contributed by atoms with Crippen molar-refractivity contribution in [3.8, 4) is 0 Å². The Balaban J connectivity index is 1.53. The second-order valence-corrected chi connectivity index (χ2v) is 7.55. The normalized spacial score (nSPS) is 23.3. The Kier molecular flexibility index (Phi) is 3.84. The van der Waals surface area contributed by atoms with Crippen LogP contribution >= 0.6 is 11.3 Å². The number of fused-ring (bicyclic) bond motifs is 1. The number of rotatable bonds is 4. The molecule has 2 aromatic rings. The van der Waals surface area contributed by atoms with Crippen LogP contribution in [0.15, 0.2) is 30.4 Å². The van der Waals surface area contributed by atoms with Gasteiger partial charge in [-0.05, 0) is 43.9 Å². The minimum Gasteiger partial charge on any atom is -0.481 e. The van der Waals surface area contributed by atoms with E-state index in [9.17, 15) is 14.7 Å². The fraction of sp³-hybridized carbons (Fsp3) is 0.389. The van der Waals surface area contributed by atoms with Crippen molar-refractivity contribution in [2.75, 3.05) is 5.32 Å². The third kappa shape index (κ3) is 2.94. The van der Waals surface area contributed by atoms with Crippen LogP contribution in [0, 0.1) is 11.8 Å². The number of benzene rings is 1. The predicted molar refractivity (Wildman–Crippen MR) is 93.2 cm³/mol. The molecule has 1 saturated carbocycles. The van der Waals surface area contributed by atoms with Gasteiger partial charge in [0.2, 0.25) is 5.91 Å². The summed E-state index contributed by atoms with van der Waals surface area (Å²) in [5.41, 5.74) is 1.67. The number of carboxylic acid groups (broad SMARTS) is 1. The number of aliphatic carboxylic acids is 1. The Morgan fingerprint density at radius 1 is 1.17 bits per heavy atom. The minimum atomic E-state index is -0.911. The van der Waals surface area contributed by atoms with E-state index in [1.54, 1.807) is 11.3 Å². The third-order valence-corrected chi connectivity index (χ3v) is 5.87. The van der Waals surface area contributed by atoms with E-state index in [4.69, 9.17) is 0 Å². The molecule has 1 fully saturated rings. The van der Waals surface area contributed by atoms with Gasteiger partial charge in [-0.25, -0.2) is 4.98 Å². The molecule has 0 bridgehead atoms. The molecule has 0 unspecified atom stereocenters. The Morgan fingerprint density at radius 2 is 1.92 bits per heavy atom. The Morgan fingerprint density at radius 3 is 2.62 bits per heavy atom. The quantitative estimate of drug-likeness (QED) is 0.829. The first-order valence-electron chi connectivity index (χ1n) is 8.21. The second-order valence-electron chi connectivity index (χ2n) is 6.49. The summed E-state index contributed by atoms with van der Waals surface area (Å²) in [6.07, 6.45) is 7.04. The Bertz CT molecular complexity index is 838. The highest BCUT2D eigenvalue weighted by atomic mass is 32.1. The molecular weight excluding hydrogens is 324 g/mol. The fourth-order valence-electron chi connectivity index (χ4n) is 3.14. The largest absolute Gasteiger partial charge is 0.481 e. The van der Waals surface area contributed by atoms with Gasteiger partial charge in [0.1, 0.15) is 0 Å². The molecule has 0 saturated heterocycles. The molecule has 5 nitrogen and oxygen atoms in total. The molecule has 4 rings (SSSR count). The van der Waals surface area contributed by atoms with Gasteiger partial charge in [-0.1, -0.05) is 12.2 Å². The number of aromatic nitrogens is 1. The average Bonchev–Trinajstić information content (AvgIpc) is 3.34. The van der Waals surface area contributed by atoms with E-state index in [0.29, 0.717) is 24.4 Å². The van der Waals surface area contributed by atoms with E-state index in [1.165, 1.54) is 17.8 Å². The number of carbonyl (C=O) groups is 2. The molecule has 1 heterocycles. The maximum atomic E-state index is 12.5. The van der Waals surface area contributed by atoms with E-state index in [0.717, 1.165) is 10.2 Å². The molecule has 124 valence electrons. The first kappa shape index (κ1) is 15.3. The van der Waals surface area contributed by atoms with Crippen molar-refractivity contribution in [2.24, 2.45) is 11.8 Å². The number of carboxylic acids is 1. The van der Waals surface area contributed by atoms with E-state index in [-0.39, 0.29) is 5.91 Å². The highest BCUT2D eigenvalue weighted by Gasteiger charge is 2.34. The lowest BCUT2D eigenvalue weighted by Gasteiger charge is -2.24. The number of nitrogens with zero attached hydrogens (tertiary/aromatic N) is 1. The zero-order valence-electron chi connectivity index (χ0n) is 13.1. The minimum absolute atomic E-state index is 0.224. The van der Waals surface area contributed by atoms with Gasteiger partial charge in [-0.2, -0.15) is 0 Å². The highest BCUT2D eigenvalue weighted by Crippen LogP contribution is 2.43. The van der Waals surface area contributed by atoms with Crippen molar-refractivity contribution in [1.82, 2.24) is 4.98 Å². The van der Waals surface area contributed by atoms with Gasteiger partial charge >= 0.3 is 5.97 Å². The van der Waals surface area contributed by atoms with Gasteiger partial charge in [0.05, 0.1) is 27.1 Å². The van der Waals surface area contributed by atoms with Crippen LogP contribution in [0.2, 0.25) is 0 Å². The number of nitrogens with one attached hydrogen (secondary N) is 1. The molecule has 1 amide bonds. The second kappa shape index (κ2) is 6.02. The van der Waals surface area contributed by atoms with E-state index >= 15 is 0 Å². The van der Waals surface area contributed by atoms with Crippen molar-refractivity contribution in [3.63, 3.8) is 0 Å². The van der Waals surface area contributed by atoms with E-state index in [1.807, 2.05) is 30.4 Å². The van der Waals surface area contributed by atoms with Crippen molar-refractivity contribution in [1.29, 1.82) is 0 Å². The van der Waals surface area contributed by atoms with Gasteiger partial charge in [-0.15, -0.1) is 11.3 Å². The van der Waals surface area contributed by atoms with Gasteiger partial charge in [-0.3, -0.25) is 9.59 Å². The van der Waals surface area contributed by atoms with Crippen molar-refractivity contribution >= 4 is 39.1 Å². The Hall–Kier alpha value is -2.21. The molecule has 24 heavy (non-hydrogen) atoms. The lowest BCUT2D eigenvalue weighted by molar-refractivity contribution is -0.146. The number of amides is 1. The topological polar surface area (TPSA) is 79.3 Å².